The molecule has 0 amide bonds. The van der Waals surface area contributed by atoms with Crippen molar-refractivity contribution in [3.8, 4) is 22.3 Å². The van der Waals surface area contributed by atoms with Crippen molar-refractivity contribution in [2.24, 2.45) is 0 Å². The Labute approximate surface area is 345 Å². The molecule has 2 nitrogen and oxygen atoms in total. The molecule has 0 unspecified atom stereocenters. The van der Waals surface area contributed by atoms with Crippen molar-refractivity contribution in [2.75, 3.05) is 4.90 Å². The first kappa shape index (κ1) is 35.0. The van der Waals surface area contributed by atoms with E-state index in [-0.39, 0.29) is 10.8 Å². The minimum absolute atomic E-state index is 0.0949. The second-order valence-corrected chi connectivity index (χ2v) is 16.6. The van der Waals surface area contributed by atoms with Gasteiger partial charge >= 0.3 is 0 Å². The van der Waals surface area contributed by atoms with Gasteiger partial charge in [0.25, 0.3) is 0 Å². The lowest BCUT2D eigenvalue weighted by molar-refractivity contribution is 0.660. The number of furan rings is 1. The Kier molecular flexibility index (Phi) is 8.00. The van der Waals surface area contributed by atoms with Crippen LogP contribution in [0.5, 0.6) is 0 Å². The Morgan fingerprint density at radius 1 is 0.441 bits per heavy atom. The summed E-state index contributed by atoms with van der Waals surface area (Å²) in [5.74, 6) is 0. The second kappa shape index (κ2) is 13.5. The average Bonchev–Trinajstić information content (AvgIpc) is 3.79. The zero-order chi connectivity index (χ0) is 39.7. The van der Waals surface area contributed by atoms with Gasteiger partial charge in [-0.15, -0.1) is 0 Å². The smallest absolute Gasteiger partial charge is 0.136 e. The van der Waals surface area contributed by atoms with Crippen LogP contribution in [0.2, 0.25) is 0 Å². The summed E-state index contributed by atoms with van der Waals surface area (Å²) in [6.45, 7) is 7.05. The molecule has 0 saturated heterocycles. The summed E-state index contributed by atoms with van der Waals surface area (Å²) in [7, 11) is 0. The van der Waals surface area contributed by atoms with Crippen LogP contribution in [0.15, 0.2) is 211 Å². The zero-order valence-corrected chi connectivity index (χ0v) is 33.5. The number of anilines is 3. The Balaban J connectivity index is 1.18. The molecule has 1 aliphatic carbocycles. The first-order valence-corrected chi connectivity index (χ1v) is 20.6. The molecule has 1 aliphatic rings. The van der Waals surface area contributed by atoms with E-state index in [4.69, 9.17) is 4.42 Å². The van der Waals surface area contributed by atoms with E-state index in [9.17, 15) is 0 Å². The Hall–Kier alpha value is -7.16. The number of hydrogen-bond acceptors (Lipinski definition) is 2. The zero-order valence-electron chi connectivity index (χ0n) is 33.5. The van der Waals surface area contributed by atoms with Gasteiger partial charge in [0, 0.05) is 38.5 Å². The van der Waals surface area contributed by atoms with Crippen LogP contribution in [0.3, 0.4) is 0 Å². The number of fused-ring (bicyclic) bond motifs is 7. The normalized spacial score (nSPS) is 13.1. The fraction of sp³-hybridized carbons (Fsp3) is 0.0877. The van der Waals surface area contributed by atoms with Crippen LogP contribution >= 0.6 is 0 Å². The molecule has 0 radical (unpaired) electrons. The molecule has 10 aromatic rings. The Bertz CT molecular complexity index is 3150. The second-order valence-electron chi connectivity index (χ2n) is 16.6. The van der Waals surface area contributed by atoms with E-state index in [0.29, 0.717) is 0 Å². The van der Waals surface area contributed by atoms with Crippen molar-refractivity contribution >= 4 is 49.8 Å². The van der Waals surface area contributed by atoms with Crippen molar-refractivity contribution in [2.45, 2.75) is 31.6 Å². The van der Waals surface area contributed by atoms with Crippen molar-refractivity contribution < 1.29 is 4.42 Å². The third kappa shape index (κ3) is 5.40. The minimum Gasteiger partial charge on any atom is -0.456 e. The van der Waals surface area contributed by atoms with Crippen molar-refractivity contribution in [3.63, 3.8) is 0 Å². The van der Waals surface area contributed by atoms with Gasteiger partial charge in [0.15, 0.2) is 0 Å². The van der Waals surface area contributed by atoms with Gasteiger partial charge in [-0.25, -0.2) is 0 Å². The molecule has 2 heteroatoms. The predicted molar refractivity (Wildman–Crippen MR) is 247 cm³/mol. The van der Waals surface area contributed by atoms with Crippen LogP contribution in [0.4, 0.5) is 17.1 Å². The largest absolute Gasteiger partial charge is 0.456 e. The number of rotatable bonds is 7. The number of para-hydroxylation sites is 1. The van der Waals surface area contributed by atoms with E-state index in [1.165, 1.54) is 55.3 Å². The van der Waals surface area contributed by atoms with Gasteiger partial charge in [0.05, 0.1) is 5.69 Å². The average molecular weight is 758 g/mol. The fourth-order valence-corrected chi connectivity index (χ4v) is 9.97. The molecule has 1 heterocycles. The van der Waals surface area contributed by atoms with Crippen molar-refractivity contribution in [1.82, 2.24) is 0 Å². The maximum atomic E-state index is 6.50. The SMILES string of the molecule is CC1(C)c2ccccc2-c2cc(N(c3ccc(C(C)(c4ccccc4)c4ccccc4)cc3)c3ccc4ccccc4c3-c3cccc4oc5ccccc5c34)ccc21. The van der Waals surface area contributed by atoms with Crippen LogP contribution in [0.25, 0.3) is 55.0 Å². The lowest BCUT2D eigenvalue weighted by atomic mass is 9.71. The van der Waals surface area contributed by atoms with Gasteiger partial charge in [-0.05, 0) is 105 Å². The monoisotopic (exact) mass is 757 g/mol. The van der Waals surface area contributed by atoms with E-state index in [1.54, 1.807) is 0 Å². The highest BCUT2D eigenvalue weighted by Crippen LogP contribution is 2.53. The quantitative estimate of drug-likeness (QED) is 0.151. The molecule has 11 rings (SSSR count). The molecule has 9 aromatic carbocycles. The summed E-state index contributed by atoms with van der Waals surface area (Å²) < 4.78 is 6.50. The molecule has 0 saturated carbocycles. The lowest BCUT2D eigenvalue weighted by Crippen LogP contribution is -2.25. The summed E-state index contributed by atoms with van der Waals surface area (Å²) in [4.78, 5) is 2.48. The van der Waals surface area contributed by atoms with Crippen LogP contribution in [-0.2, 0) is 10.8 Å². The molecule has 0 aliphatic heterocycles. The molecule has 0 N–H and O–H groups in total. The Morgan fingerprint density at radius 2 is 1.02 bits per heavy atom. The lowest BCUT2D eigenvalue weighted by Gasteiger charge is -2.33. The Morgan fingerprint density at radius 3 is 1.78 bits per heavy atom. The molecule has 59 heavy (non-hydrogen) atoms. The maximum Gasteiger partial charge on any atom is 0.136 e. The standard InChI is InChI=1S/C57H43NO/c1-56(2)49-26-14-12-23-45(49)48-37-43(34-35-50(48)56)58(42-32-30-41(31-33-42)57(3,39-18-6-4-7-19-39)40-20-8-5-9-21-40)51-36-29-38-17-10-11-22-44(38)54(51)47-25-16-28-53-55(47)46-24-13-15-27-52(46)59-53/h4-37H,1-3H3. The van der Waals surface area contributed by atoms with Gasteiger partial charge in [0.1, 0.15) is 11.2 Å². The third-order valence-corrected chi connectivity index (χ3v) is 13.1. The first-order chi connectivity index (χ1) is 28.9. The summed E-state index contributed by atoms with van der Waals surface area (Å²) >= 11 is 0. The van der Waals surface area contributed by atoms with Gasteiger partial charge in [-0.2, -0.15) is 0 Å². The molecule has 282 valence electrons. The van der Waals surface area contributed by atoms with E-state index in [1.807, 2.05) is 6.07 Å². The van der Waals surface area contributed by atoms with E-state index < -0.39 is 0 Å². The molecule has 0 bridgehead atoms. The topological polar surface area (TPSA) is 16.4 Å². The number of nitrogens with zero attached hydrogens (tertiary/aromatic N) is 1. The summed E-state index contributed by atoms with van der Waals surface area (Å²) in [6, 6.07) is 75.3. The van der Waals surface area contributed by atoms with Crippen LogP contribution < -0.4 is 4.90 Å². The maximum absolute atomic E-state index is 6.50. The number of benzene rings is 9. The summed E-state index contributed by atoms with van der Waals surface area (Å²) in [5.41, 5.74) is 16.0. The third-order valence-electron chi connectivity index (χ3n) is 13.1. The molecule has 0 spiro atoms. The van der Waals surface area contributed by atoms with E-state index in [2.05, 4.69) is 226 Å². The molecule has 0 fully saturated rings. The van der Waals surface area contributed by atoms with Crippen LogP contribution in [0.1, 0.15) is 48.6 Å². The summed E-state index contributed by atoms with van der Waals surface area (Å²) in [5, 5.41) is 4.63. The fourth-order valence-electron chi connectivity index (χ4n) is 9.97. The van der Waals surface area contributed by atoms with Gasteiger partial charge in [-0.3, -0.25) is 0 Å². The van der Waals surface area contributed by atoms with Gasteiger partial charge < -0.3 is 9.32 Å². The molecular weight excluding hydrogens is 715 g/mol. The first-order valence-electron chi connectivity index (χ1n) is 20.6. The van der Waals surface area contributed by atoms with Gasteiger partial charge in [0.2, 0.25) is 0 Å². The van der Waals surface area contributed by atoms with E-state index >= 15 is 0 Å². The highest BCUT2D eigenvalue weighted by Gasteiger charge is 2.36. The van der Waals surface area contributed by atoms with E-state index in [0.717, 1.165) is 44.6 Å². The van der Waals surface area contributed by atoms with Crippen molar-refractivity contribution in [1.29, 1.82) is 0 Å². The minimum atomic E-state index is -0.360. The highest BCUT2D eigenvalue weighted by molar-refractivity contribution is 6.18. The summed E-state index contributed by atoms with van der Waals surface area (Å²) in [6.07, 6.45) is 0. The number of hydrogen-bond donors (Lipinski definition) is 0. The van der Waals surface area contributed by atoms with Crippen LogP contribution in [0, 0.1) is 0 Å². The molecule has 0 atom stereocenters. The highest BCUT2D eigenvalue weighted by atomic mass is 16.3. The van der Waals surface area contributed by atoms with Crippen molar-refractivity contribution in [3.05, 3.63) is 234 Å². The predicted octanol–water partition coefficient (Wildman–Crippen LogP) is 15.5. The van der Waals surface area contributed by atoms with Gasteiger partial charge in [-0.1, -0.05) is 178 Å². The van der Waals surface area contributed by atoms with Crippen LogP contribution in [-0.4, -0.2) is 0 Å². The molecule has 1 aromatic heterocycles. The molecular formula is C57H43NO.